The Hall–Kier alpha value is -1.10. The molecular weight excluding hydrogens is 262 g/mol. The molecule has 2 atom stereocenters. The molecule has 0 saturated carbocycles. The fourth-order valence-electron chi connectivity index (χ4n) is 2.31. The summed E-state index contributed by atoms with van der Waals surface area (Å²) < 4.78 is 0. The molecule has 1 aromatic carbocycles. The minimum atomic E-state index is -0.192. The Morgan fingerprint density at radius 2 is 2.26 bits per heavy atom. The van der Waals surface area contributed by atoms with Crippen molar-refractivity contribution >= 4 is 23.2 Å². The van der Waals surface area contributed by atoms with Crippen molar-refractivity contribution in [3.8, 4) is 0 Å². The first kappa shape index (κ1) is 14.3. The molecule has 1 aliphatic heterocycles. The molecule has 2 unspecified atom stereocenters. The highest BCUT2D eigenvalue weighted by molar-refractivity contribution is 6.30. The molecule has 0 radical (unpaired) electrons. The van der Waals surface area contributed by atoms with E-state index in [1.807, 2.05) is 12.1 Å². The number of rotatable bonds is 4. The fourth-order valence-corrected chi connectivity index (χ4v) is 2.50. The number of hydrogen-bond donors (Lipinski definition) is 3. The number of halogens is 1. The van der Waals surface area contributed by atoms with Gasteiger partial charge >= 0.3 is 0 Å². The molecule has 1 aliphatic rings. The van der Waals surface area contributed by atoms with Crippen molar-refractivity contribution in [3.05, 3.63) is 29.3 Å². The van der Waals surface area contributed by atoms with E-state index < -0.39 is 0 Å². The molecule has 0 spiro atoms. The molecule has 104 valence electrons. The number of benzene rings is 1. The van der Waals surface area contributed by atoms with Crippen molar-refractivity contribution < 1.29 is 4.79 Å². The number of carbonyl (C=O) groups excluding carboxylic acids is 1. The van der Waals surface area contributed by atoms with Gasteiger partial charge in [-0.25, -0.2) is 5.43 Å². The molecule has 1 saturated heterocycles. The Labute approximate surface area is 118 Å². The molecule has 1 amide bonds. The summed E-state index contributed by atoms with van der Waals surface area (Å²) in [6, 6.07) is 7.34. The summed E-state index contributed by atoms with van der Waals surface area (Å²) in [5.74, 6) is 0.593. The molecule has 0 aliphatic carbocycles. The maximum atomic E-state index is 12.1. The molecule has 1 aromatic rings. The molecule has 0 bridgehead atoms. The van der Waals surface area contributed by atoms with Crippen molar-refractivity contribution in [1.29, 1.82) is 0 Å². The van der Waals surface area contributed by atoms with Crippen LogP contribution in [0.1, 0.15) is 26.7 Å². The third-order valence-corrected chi connectivity index (χ3v) is 3.38. The molecule has 1 fully saturated rings. The average Bonchev–Trinajstić information content (AvgIpc) is 2.76. The Bertz CT molecular complexity index is 450. The van der Waals surface area contributed by atoms with E-state index in [1.54, 1.807) is 12.1 Å². The smallest absolute Gasteiger partial charge is 0.242 e. The van der Waals surface area contributed by atoms with Gasteiger partial charge in [-0.2, -0.15) is 0 Å². The Morgan fingerprint density at radius 3 is 2.95 bits per heavy atom. The highest BCUT2D eigenvalue weighted by Gasteiger charge is 2.29. The lowest BCUT2D eigenvalue weighted by molar-refractivity contribution is -0.117. The van der Waals surface area contributed by atoms with E-state index in [-0.39, 0.29) is 11.9 Å². The summed E-state index contributed by atoms with van der Waals surface area (Å²) in [5.41, 5.74) is 6.96. The molecule has 5 heteroatoms. The van der Waals surface area contributed by atoms with Crippen molar-refractivity contribution in [1.82, 2.24) is 10.9 Å². The van der Waals surface area contributed by atoms with E-state index in [2.05, 4.69) is 30.0 Å². The van der Waals surface area contributed by atoms with E-state index in [0.717, 1.165) is 18.5 Å². The van der Waals surface area contributed by atoms with Gasteiger partial charge in [0.15, 0.2) is 0 Å². The number of nitrogens with one attached hydrogen (secondary N) is 3. The summed E-state index contributed by atoms with van der Waals surface area (Å²) in [6.45, 7) is 4.36. The van der Waals surface area contributed by atoms with Crippen molar-refractivity contribution in [2.24, 2.45) is 5.92 Å². The molecule has 19 heavy (non-hydrogen) atoms. The second-order valence-corrected chi connectivity index (χ2v) is 5.84. The average molecular weight is 282 g/mol. The minimum absolute atomic E-state index is 0.0268. The van der Waals surface area contributed by atoms with Crippen LogP contribution in [0.3, 0.4) is 0 Å². The molecule has 2 rings (SSSR count). The van der Waals surface area contributed by atoms with Crippen molar-refractivity contribution in [2.45, 2.75) is 38.8 Å². The van der Waals surface area contributed by atoms with E-state index in [9.17, 15) is 4.79 Å². The topological polar surface area (TPSA) is 53.2 Å². The summed E-state index contributed by atoms with van der Waals surface area (Å²) >= 11 is 5.89. The zero-order chi connectivity index (χ0) is 13.8. The van der Waals surface area contributed by atoms with E-state index in [0.29, 0.717) is 17.0 Å². The number of hydrazine groups is 1. The van der Waals surface area contributed by atoms with Gasteiger partial charge in [0.2, 0.25) is 5.91 Å². The number of amides is 1. The predicted octanol–water partition coefficient (Wildman–Crippen LogP) is 2.56. The lowest BCUT2D eigenvalue weighted by Crippen LogP contribution is -2.40. The van der Waals surface area contributed by atoms with Gasteiger partial charge in [0.05, 0.1) is 0 Å². The second kappa shape index (κ2) is 6.37. The van der Waals surface area contributed by atoms with Crippen LogP contribution < -0.4 is 16.2 Å². The maximum absolute atomic E-state index is 12.1. The molecule has 1 heterocycles. The standard InChI is InChI=1S/C14H20ClN3O/c1-9(2)6-12-8-13(18-17-12)14(19)16-11-5-3-4-10(15)7-11/h3-5,7,9,12-13,17-18H,6,8H2,1-2H3,(H,16,19). The normalized spacial score (nSPS) is 22.7. The Kier molecular flexibility index (Phi) is 4.80. The number of hydrogen-bond acceptors (Lipinski definition) is 3. The van der Waals surface area contributed by atoms with Gasteiger partial charge in [-0.3, -0.25) is 10.2 Å². The van der Waals surface area contributed by atoms with Crippen LogP contribution in [0.25, 0.3) is 0 Å². The SMILES string of the molecule is CC(C)CC1CC(C(=O)Nc2cccc(Cl)c2)NN1. The van der Waals surface area contributed by atoms with Crippen LogP contribution >= 0.6 is 11.6 Å². The Balaban J connectivity index is 1.88. The van der Waals surface area contributed by atoms with Crippen molar-refractivity contribution in [3.63, 3.8) is 0 Å². The monoisotopic (exact) mass is 281 g/mol. The van der Waals surface area contributed by atoms with E-state index in [4.69, 9.17) is 11.6 Å². The van der Waals surface area contributed by atoms with Gasteiger partial charge in [-0.15, -0.1) is 0 Å². The molecule has 3 N–H and O–H groups in total. The van der Waals surface area contributed by atoms with Gasteiger partial charge in [0.25, 0.3) is 0 Å². The largest absolute Gasteiger partial charge is 0.325 e. The van der Waals surface area contributed by atoms with Gasteiger partial charge < -0.3 is 5.32 Å². The maximum Gasteiger partial charge on any atom is 0.242 e. The lowest BCUT2D eigenvalue weighted by Gasteiger charge is -2.12. The van der Waals surface area contributed by atoms with Crippen LogP contribution in [0, 0.1) is 5.92 Å². The van der Waals surface area contributed by atoms with Crippen molar-refractivity contribution in [2.75, 3.05) is 5.32 Å². The van der Waals surface area contributed by atoms with E-state index >= 15 is 0 Å². The number of carbonyl (C=O) groups is 1. The third kappa shape index (κ3) is 4.20. The first-order chi connectivity index (χ1) is 9.04. The summed E-state index contributed by atoms with van der Waals surface area (Å²) in [4.78, 5) is 12.1. The molecule has 4 nitrogen and oxygen atoms in total. The zero-order valence-corrected chi connectivity index (χ0v) is 12.0. The minimum Gasteiger partial charge on any atom is -0.325 e. The van der Waals surface area contributed by atoms with Gasteiger partial charge in [-0.1, -0.05) is 31.5 Å². The zero-order valence-electron chi connectivity index (χ0n) is 11.2. The third-order valence-electron chi connectivity index (χ3n) is 3.15. The molecule has 0 aromatic heterocycles. The second-order valence-electron chi connectivity index (χ2n) is 5.40. The van der Waals surface area contributed by atoms with Gasteiger partial charge in [0.1, 0.15) is 6.04 Å². The summed E-state index contributed by atoms with van der Waals surface area (Å²) in [5, 5.41) is 3.49. The first-order valence-corrected chi connectivity index (χ1v) is 7.00. The Morgan fingerprint density at radius 1 is 1.47 bits per heavy atom. The predicted molar refractivity (Wildman–Crippen MR) is 78.0 cm³/mol. The van der Waals surface area contributed by atoms with Gasteiger partial charge in [0, 0.05) is 16.8 Å². The van der Waals surface area contributed by atoms with Crippen LogP contribution in [0.5, 0.6) is 0 Å². The summed E-state index contributed by atoms with van der Waals surface area (Å²) in [7, 11) is 0. The lowest BCUT2D eigenvalue weighted by atomic mass is 10.00. The summed E-state index contributed by atoms with van der Waals surface area (Å²) in [6.07, 6.45) is 1.87. The number of anilines is 1. The quantitative estimate of drug-likeness (QED) is 0.795. The van der Waals surface area contributed by atoms with Crippen LogP contribution in [0.15, 0.2) is 24.3 Å². The highest BCUT2D eigenvalue weighted by atomic mass is 35.5. The van der Waals surface area contributed by atoms with E-state index in [1.165, 1.54) is 0 Å². The first-order valence-electron chi connectivity index (χ1n) is 6.62. The van der Waals surface area contributed by atoms with Crippen LogP contribution in [0.2, 0.25) is 5.02 Å². The fraction of sp³-hybridized carbons (Fsp3) is 0.500. The van der Waals surface area contributed by atoms with Crippen LogP contribution in [-0.2, 0) is 4.79 Å². The van der Waals surface area contributed by atoms with Crippen LogP contribution in [0.4, 0.5) is 5.69 Å². The van der Waals surface area contributed by atoms with Crippen LogP contribution in [-0.4, -0.2) is 18.0 Å². The molecular formula is C14H20ClN3O. The van der Waals surface area contributed by atoms with Gasteiger partial charge in [-0.05, 0) is 37.0 Å². The highest BCUT2D eigenvalue weighted by Crippen LogP contribution is 2.17.